The predicted molar refractivity (Wildman–Crippen MR) is 88.5 cm³/mol. The Morgan fingerprint density at radius 2 is 2.04 bits per heavy atom. The molecule has 0 spiro atoms. The quantitative estimate of drug-likeness (QED) is 0.713. The van der Waals surface area contributed by atoms with E-state index in [-0.39, 0.29) is 6.54 Å². The normalized spacial score (nSPS) is 13.9. The van der Waals surface area contributed by atoms with Gasteiger partial charge in [-0.2, -0.15) is 18.3 Å². The highest BCUT2D eigenvalue weighted by Gasteiger charge is 2.33. The SMILES string of the molecule is COC(=O)c1c(C)nn2c1N(Cc1cc(Br)cc(C(F)(F)F)c1)CC2. The van der Waals surface area contributed by atoms with Gasteiger partial charge in [-0.3, -0.25) is 0 Å². The molecule has 9 heteroatoms. The van der Waals surface area contributed by atoms with Crippen LogP contribution in [0.5, 0.6) is 0 Å². The monoisotopic (exact) mass is 417 g/mol. The van der Waals surface area contributed by atoms with Gasteiger partial charge in [0.1, 0.15) is 11.4 Å². The lowest BCUT2D eigenvalue weighted by atomic mass is 10.1. The number of hydrogen-bond acceptors (Lipinski definition) is 4. The van der Waals surface area contributed by atoms with Crippen molar-refractivity contribution in [2.75, 3.05) is 18.6 Å². The summed E-state index contributed by atoms with van der Waals surface area (Å²) >= 11 is 3.13. The van der Waals surface area contributed by atoms with Crippen LogP contribution in [0.1, 0.15) is 27.2 Å². The van der Waals surface area contributed by atoms with Crippen molar-refractivity contribution in [2.24, 2.45) is 0 Å². The van der Waals surface area contributed by atoms with Crippen molar-refractivity contribution < 1.29 is 22.7 Å². The lowest BCUT2D eigenvalue weighted by Gasteiger charge is -2.19. The van der Waals surface area contributed by atoms with Gasteiger partial charge in [0, 0.05) is 17.6 Å². The number of aryl methyl sites for hydroxylation is 1. The molecule has 0 saturated heterocycles. The molecule has 2 heterocycles. The fourth-order valence-electron chi connectivity index (χ4n) is 2.99. The number of halogens is 4. The largest absolute Gasteiger partial charge is 0.465 e. The van der Waals surface area contributed by atoms with E-state index in [0.717, 1.165) is 12.1 Å². The number of carbonyl (C=O) groups is 1. The Balaban J connectivity index is 1.95. The second-order valence-corrected chi connectivity index (χ2v) is 6.68. The number of aromatic nitrogens is 2. The summed E-state index contributed by atoms with van der Waals surface area (Å²) < 4.78 is 45.9. The summed E-state index contributed by atoms with van der Waals surface area (Å²) in [6.07, 6.45) is -4.42. The molecule has 0 N–H and O–H groups in total. The lowest BCUT2D eigenvalue weighted by Crippen LogP contribution is -2.22. The molecule has 1 aliphatic rings. The van der Waals surface area contributed by atoms with Crippen molar-refractivity contribution in [1.82, 2.24) is 9.78 Å². The first-order valence-corrected chi connectivity index (χ1v) is 8.27. The number of carbonyl (C=O) groups excluding carboxylic acids is 1. The van der Waals surface area contributed by atoms with E-state index in [1.54, 1.807) is 17.7 Å². The molecule has 1 aromatic heterocycles. The van der Waals surface area contributed by atoms with E-state index in [4.69, 9.17) is 4.74 Å². The maximum Gasteiger partial charge on any atom is 0.416 e. The molecule has 0 radical (unpaired) electrons. The van der Waals surface area contributed by atoms with E-state index >= 15 is 0 Å². The molecule has 1 aliphatic heterocycles. The zero-order chi connectivity index (χ0) is 18.4. The Hall–Kier alpha value is -2.03. The fourth-order valence-corrected chi connectivity index (χ4v) is 3.53. The zero-order valence-corrected chi connectivity index (χ0v) is 15.1. The number of esters is 1. The summed E-state index contributed by atoms with van der Waals surface area (Å²) in [4.78, 5) is 13.9. The van der Waals surface area contributed by atoms with Crippen LogP contribution in [0.15, 0.2) is 22.7 Å². The molecule has 0 atom stereocenters. The Morgan fingerprint density at radius 1 is 1.32 bits per heavy atom. The number of alkyl halides is 3. The molecule has 0 aliphatic carbocycles. The first kappa shape index (κ1) is 17.8. The molecule has 134 valence electrons. The molecule has 0 fully saturated rings. The number of benzene rings is 1. The van der Waals surface area contributed by atoms with Crippen LogP contribution in [0.3, 0.4) is 0 Å². The zero-order valence-electron chi connectivity index (χ0n) is 13.5. The number of ether oxygens (including phenoxy) is 1. The highest BCUT2D eigenvalue weighted by atomic mass is 79.9. The second-order valence-electron chi connectivity index (χ2n) is 5.77. The summed E-state index contributed by atoms with van der Waals surface area (Å²) in [7, 11) is 1.29. The summed E-state index contributed by atoms with van der Waals surface area (Å²) in [6.45, 7) is 3.06. The first-order chi connectivity index (χ1) is 11.7. The Bertz CT molecular complexity index is 833. The smallest absolute Gasteiger partial charge is 0.416 e. The Labute approximate surface area is 150 Å². The average Bonchev–Trinajstić information content (AvgIpc) is 3.04. The van der Waals surface area contributed by atoms with E-state index in [1.165, 1.54) is 7.11 Å². The van der Waals surface area contributed by atoms with Gasteiger partial charge in [-0.05, 0) is 30.7 Å². The van der Waals surface area contributed by atoms with Crippen LogP contribution in [-0.4, -0.2) is 29.4 Å². The maximum absolute atomic E-state index is 13.0. The average molecular weight is 418 g/mol. The Morgan fingerprint density at radius 3 is 2.68 bits per heavy atom. The third kappa shape index (κ3) is 3.37. The molecule has 5 nitrogen and oxygen atoms in total. The highest BCUT2D eigenvalue weighted by molar-refractivity contribution is 9.10. The van der Waals surface area contributed by atoms with Crippen LogP contribution < -0.4 is 4.90 Å². The van der Waals surface area contributed by atoms with Crippen LogP contribution in [-0.2, 0) is 24.0 Å². The molecule has 0 unspecified atom stereocenters. The van der Waals surface area contributed by atoms with E-state index in [9.17, 15) is 18.0 Å². The summed E-state index contributed by atoms with van der Waals surface area (Å²) in [5.41, 5.74) is 0.668. The molecule has 0 saturated carbocycles. The summed E-state index contributed by atoms with van der Waals surface area (Å²) in [5, 5.41) is 4.31. The van der Waals surface area contributed by atoms with Crippen molar-refractivity contribution in [1.29, 1.82) is 0 Å². The molecule has 25 heavy (non-hydrogen) atoms. The maximum atomic E-state index is 13.0. The van der Waals surface area contributed by atoms with Crippen LogP contribution >= 0.6 is 15.9 Å². The molecule has 3 rings (SSSR count). The molecule has 2 aromatic rings. The number of anilines is 1. The standard InChI is InChI=1S/C16H15BrF3N3O2/c1-9-13(15(24)25-2)14-22(3-4-23(14)21-9)8-10-5-11(16(18,19)20)7-12(17)6-10/h5-7H,3-4,8H2,1-2H3. The van der Waals surface area contributed by atoms with Crippen molar-refractivity contribution >= 4 is 27.7 Å². The van der Waals surface area contributed by atoms with Crippen molar-refractivity contribution in [3.63, 3.8) is 0 Å². The van der Waals surface area contributed by atoms with E-state index < -0.39 is 17.7 Å². The summed E-state index contributed by atoms with van der Waals surface area (Å²) in [6, 6.07) is 3.80. The van der Waals surface area contributed by atoms with Gasteiger partial charge in [-0.1, -0.05) is 15.9 Å². The lowest BCUT2D eigenvalue weighted by molar-refractivity contribution is -0.137. The van der Waals surface area contributed by atoms with Crippen LogP contribution in [0.25, 0.3) is 0 Å². The topological polar surface area (TPSA) is 47.4 Å². The van der Waals surface area contributed by atoms with E-state index in [1.807, 2.05) is 4.90 Å². The van der Waals surface area contributed by atoms with Crippen LogP contribution in [0.4, 0.5) is 19.0 Å². The van der Waals surface area contributed by atoms with Crippen molar-refractivity contribution in [3.05, 3.63) is 45.1 Å². The van der Waals surface area contributed by atoms with E-state index in [2.05, 4.69) is 21.0 Å². The van der Waals surface area contributed by atoms with Gasteiger partial charge >= 0.3 is 12.1 Å². The van der Waals surface area contributed by atoms with Gasteiger partial charge < -0.3 is 9.64 Å². The predicted octanol–water partition coefficient (Wildman–Crippen LogP) is 3.78. The minimum atomic E-state index is -4.42. The second kappa shape index (κ2) is 6.36. The highest BCUT2D eigenvalue weighted by Crippen LogP contribution is 2.34. The van der Waals surface area contributed by atoms with Gasteiger partial charge in [-0.15, -0.1) is 0 Å². The number of methoxy groups -OCH3 is 1. The molecule has 0 amide bonds. The molecule has 1 aromatic carbocycles. The number of hydrogen-bond donors (Lipinski definition) is 0. The summed E-state index contributed by atoms with van der Waals surface area (Å²) in [5.74, 6) is 0.0776. The van der Waals surface area contributed by atoms with Crippen LogP contribution in [0.2, 0.25) is 0 Å². The molecule has 0 bridgehead atoms. The number of nitrogens with zero attached hydrogens (tertiary/aromatic N) is 3. The van der Waals surface area contributed by atoms with Crippen molar-refractivity contribution in [2.45, 2.75) is 26.2 Å². The third-order valence-corrected chi connectivity index (χ3v) is 4.49. The van der Waals surface area contributed by atoms with Crippen molar-refractivity contribution in [3.8, 4) is 0 Å². The minimum Gasteiger partial charge on any atom is -0.465 e. The minimum absolute atomic E-state index is 0.234. The third-order valence-electron chi connectivity index (χ3n) is 4.03. The van der Waals surface area contributed by atoms with Gasteiger partial charge in [0.25, 0.3) is 0 Å². The van der Waals surface area contributed by atoms with Gasteiger partial charge in [0.2, 0.25) is 0 Å². The molecular formula is C16H15BrF3N3O2. The molecular weight excluding hydrogens is 403 g/mol. The first-order valence-electron chi connectivity index (χ1n) is 7.48. The van der Waals surface area contributed by atoms with E-state index in [0.29, 0.717) is 40.2 Å². The number of fused-ring (bicyclic) bond motifs is 1. The van der Waals surface area contributed by atoms with Crippen LogP contribution in [0, 0.1) is 6.92 Å². The van der Waals surface area contributed by atoms with Gasteiger partial charge in [0.15, 0.2) is 0 Å². The number of rotatable bonds is 3. The fraction of sp³-hybridized carbons (Fsp3) is 0.375. The Kier molecular flexibility index (Phi) is 4.52. The van der Waals surface area contributed by atoms with Gasteiger partial charge in [-0.25, -0.2) is 9.48 Å². The van der Waals surface area contributed by atoms with Gasteiger partial charge in [0.05, 0.1) is 24.9 Å².